The second-order valence-electron chi connectivity index (χ2n) is 3.40. The first-order chi connectivity index (χ1) is 6.59. The Morgan fingerprint density at radius 1 is 1.21 bits per heavy atom. The number of Topliss-reactive ketones (excluding diaryl/α,β-unsaturated/α-hetero) is 1. The van der Waals surface area contributed by atoms with E-state index >= 15 is 0 Å². The van der Waals surface area contributed by atoms with Crippen molar-refractivity contribution < 1.29 is 20.1 Å². The summed E-state index contributed by atoms with van der Waals surface area (Å²) in [6.45, 7) is 0. The Bertz CT molecular complexity index is 386. The Hall–Kier alpha value is -1.39. The lowest BCUT2D eigenvalue weighted by Crippen LogP contribution is -2.29. The van der Waals surface area contributed by atoms with E-state index in [0.717, 1.165) is 0 Å². The molecule has 0 radical (unpaired) electrons. The van der Waals surface area contributed by atoms with E-state index in [1.165, 1.54) is 18.2 Å². The van der Waals surface area contributed by atoms with Crippen LogP contribution in [0.15, 0.2) is 18.2 Å². The molecule has 3 N–H and O–H groups in total. The zero-order chi connectivity index (χ0) is 10.3. The van der Waals surface area contributed by atoms with Gasteiger partial charge in [0, 0.05) is 12.0 Å². The molecule has 1 aliphatic carbocycles. The molecular formula is C10H10O4. The van der Waals surface area contributed by atoms with Crippen LogP contribution in [0.5, 0.6) is 5.75 Å². The van der Waals surface area contributed by atoms with E-state index in [9.17, 15) is 15.0 Å². The number of ketones is 1. The Labute approximate surface area is 80.4 Å². The van der Waals surface area contributed by atoms with Crippen LogP contribution in [0.1, 0.15) is 28.4 Å². The summed E-state index contributed by atoms with van der Waals surface area (Å²) < 4.78 is 0. The second-order valence-corrected chi connectivity index (χ2v) is 3.40. The summed E-state index contributed by atoms with van der Waals surface area (Å²) in [6.07, 6.45) is -1.98. The first-order valence-corrected chi connectivity index (χ1v) is 4.33. The number of aromatic hydroxyl groups is 1. The highest BCUT2D eigenvalue weighted by Gasteiger charge is 2.31. The molecule has 4 heteroatoms. The minimum Gasteiger partial charge on any atom is -0.508 e. The van der Waals surface area contributed by atoms with Crippen molar-refractivity contribution in [3.8, 4) is 5.75 Å². The van der Waals surface area contributed by atoms with Crippen molar-refractivity contribution >= 4 is 5.78 Å². The smallest absolute Gasteiger partial charge is 0.191 e. The number of phenols is 1. The molecule has 4 nitrogen and oxygen atoms in total. The molecule has 14 heavy (non-hydrogen) atoms. The maximum atomic E-state index is 11.4. The quantitative estimate of drug-likeness (QED) is 0.557. The van der Waals surface area contributed by atoms with Crippen LogP contribution in [0, 0.1) is 0 Å². The zero-order valence-corrected chi connectivity index (χ0v) is 7.34. The third-order valence-corrected chi connectivity index (χ3v) is 2.41. The highest BCUT2D eigenvalue weighted by molar-refractivity contribution is 6.02. The monoisotopic (exact) mass is 194 g/mol. The van der Waals surface area contributed by atoms with Crippen molar-refractivity contribution in [3.63, 3.8) is 0 Å². The molecule has 0 amide bonds. The first-order valence-electron chi connectivity index (χ1n) is 4.33. The third-order valence-electron chi connectivity index (χ3n) is 2.41. The molecule has 0 bridgehead atoms. The lowest BCUT2D eigenvalue weighted by Gasteiger charge is -2.24. The van der Waals surface area contributed by atoms with E-state index in [1.807, 2.05) is 0 Å². The van der Waals surface area contributed by atoms with Gasteiger partial charge in [0.2, 0.25) is 0 Å². The van der Waals surface area contributed by atoms with Gasteiger partial charge in [-0.2, -0.15) is 0 Å². The van der Waals surface area contributed by atoms with Gasteiger partial charge in [0.25, 0.3) is 0 Å². The lowest BCUT2D eigenvalue weighted by atomic mass is 9.86. The molecule has 0 saturated carbocycles. The van der Waals surface area contributed by atoms with Crippen molar-refractivity contribution in [1.29, 1.82) is 0 Å². The van der Waals surface area contributed by atoms with Gasteiger partial charge >= 0.3 is 0 Å². The van der Waals surface area contributed by atoms with Crippen LogP contribution in [0.2, 0.25) is 0 Å². The summed E-state index contributed by atoms with van der Waals surface area (Å²) >= 11 is 0. The highest BCUT2D eigenvalue weighted by Crippen LogP contribution is 2.31. The van der Waals surface area contributed by atoms with Gasteiger partial charge in [0.15, 0.2) is 5.78 Å². The molecule has 0 fully saturated rings. The van der Waals surface area contributed by atoms with Crippen LogP contribution >= 0.6 is 0 Å². The van der Waals surface area contributed by atoms with Crippen LogP contribution < -0.4 is 0 Å². The minimum absolute atomic E-state index is 0.0244. The predicted molar refractivity (Wildman–Crippen MR) is 48.0 cm³/mol. The van der Waals surface area contributed by atoms with Gasteiger partial charge < -0.3 is 15.3 Å². The summed E-state index contributed by atoms with van der Waals surface area (Å²) in [6, 6.07) is 4.18. The molecule has 1 aliphatic rings. The molecule has 0 spiro atoms. The Balaban J connectivity index is 2.56. The summed E-state index contributed by atoms with van der Waals surface area (Å²) in [4.78, 5) is 11.4. The SMILES string of the molecule is O=C1c2cc(O)ccc2C(O)CC1O. The maximum absolute atomic E-state index is 11.4. The average molecular weight is 194 g/mol. The van der Waals surface area contributed by atoms with E-state index in [-0.39, 0.29) is 17.7 Å². The minimum atomic E-state index is -1.17. The van der Waals surface area contributed by atoms with Crippen LogP contribution in [-0.4, -0.2) is 27.2 Å². The molecule has 1 aromatic carbocycles. The molecule has 0 heterocycles. The Morgan fingerprint density at radius 3 is 2.64 bits per heavy atom. The maximum Gasteiger partial charge on any atom is 0.191 e. The molecule has 74 valence electrons. The number of aliphatic hydroxyl groups is 2. The fraction of sp³-hybridized carbons (Fsp3) is 0.300. The zero-order valence-electron chi connectivity index (χ0n) is 7.34. The van der Waals surface area contributed by atoms with Gasteiger partial charge in [-0.05, 0) is 17.7 Å². The van der Waals surface area contributed by atoms with Crippen molar-refractivity contribution in [3.05, 3.63) is 29.3 Å². The fourth-order valence-corrected chi connectivity index (χ4v) is 1.67. The van der Waals surface area contributed by atoms with Crippen molar-refractivity contribution in [2.24, 2.45) is 0 Å². The summed E-state index contributed by atoms with van der Waals surface area (Å²) in [7, 11) is 0. The third kappa shape index (κ3) is 1.29. The van der Waals surface area contributed by atoms with Gasteiger partial charge in [-0.3, -0.25) is 4.79 Å². The summed E-state index contributed by atoms with van der Waals surface area (Å²) in [5, 5.41) is 28.0. The number of phenolic OH excluding ortho intramolecular Hbond substituents is 1. The first kappa shape index (κ1) is 9.18. The molecule has 2 rings (SSSR count). The molecule has 0 aromatic heterocycles. The molecule has 0 saturated heterocycles. The van der Waals surface area contributed by atoms with Gasteiger partial charge in [-0.15, -0.1) is 0 Å². The van der Waals surface area contributed by atoms with Gasteiger partial charge in [-0.25, -0.2) is 0 Å². The number of benzene rings is 1. The summed E-state index contributed by atoms with van der Waals surface area (Å²) in [5.41, 5.74) is 0.675. The number of carbonyl (C=O) groups is 1. The largest absolute Gasteiger partial charge is 0.508 e. The van der Waals surface area contributed by atoms with Gasteiger partial charge in [0.1, 0.15) is 11.9 Å². The van der Waals surface area contributed by atoms with Gasteiger partial charge in [-0.1, -0.05) is 6.07 Å². The molecule has 0 aliphatic heterocycles. The van der Waals surface area contributed by atoms with E-state index in [0.29, 0.717) is 5.56 Å². The fourth-order valence-electron chi connectivity index (χ4n) is 1.67. The molecular weight excluding hydrogens is 184 g/mol. The van der Waals surface area contributed by atoms with Crippen LogP contribution in [-0.2, 0) is 0 Å². The Kier molecular flexibility index (Phi) is 2.02. The van der Waals surface area contributed by atoms with Crippen molar-refractivity contribution in [2.45, 2.75) is 18.6 Å². The standard InChI is InChI=1S/C10H10O4/c11-5-1-2-6-7(3-5)10(14)9(13)4-8(6)12/h1-3,8-9,11-13H,4H2. The van der Waals surface area contributed by atoms with Crippen molar-refractivity contribution in [1.82, 2.24) is 0 Å². The highest BCUT2D eigenvalue weighted by atomic mass is 16.3. The van der Waals surface area contributed by atoms with E-state index in [4.69, 9.17) is 5.11 Å². The molecule has 2 atom stereocenters. The van der Waals surface area contributed by atoms with Crippen LogP contribution in [0.4, 0.5) is 0 Å². The lowest BCUT2D eigenvalue weighted by molar-refractivity contribution is 0.0484. The van der Waals surface area contributed by atoms with Gasteiger partial charge in [0.05, 0.1) is 6.10 Å². The number of rotatable bonds is 0. The summed E-state index contributed by atoms with van der Waals surface area (Å²) in [5.74, 6) is -0.486. The number of hydrogen-bond acceptors (Lipinski definition) is 4. The predicted octanol–water partition coefficient (Wildman–Crippen LogP) is 0.373. The average Bonchev–Trinajstić information content (AvgIpc) is 2.14. The van der Waals surface area contributed by atoms with Crippen LogP contribution in [0.3, 0.4) is 0 Å². The van der Waals surface area contributed by atoms with Crippen molar-refractivity contribution in [2.75, 3.05) is 0 Å². The number of aliphatic hydroxyl groups excluding tert-OH is 2. The topological polar surface area (TPSA) is 77.8 Å². The number of fused-ring (bicyclic) bond motifs is 1. The molecule has 1 aromatic rings. The Morgan fingerprint density at radius 2 is 1.93 bits per heavy atom. The van der Waals surface area contributed by atoms with E-state index in [2.05, 4.69) is 0 Å². The second kappa shape index (κ2) is 3.08. The molecule has 2 unspecified atom stereocenters. The number of hydrogen-bond donors (Lipinski definition) is 3. The van der Waals surface area contributed by atoms with E-state index in [1.54, 1.807) is 0 Å². The number of carbonyl (C=O) groups excluding carboxylic acids is 1. The van der Waals surface area contributed by atoms with Crippen LogP contribution in [0.25, 0.3) is 0 Å². The van der Waals surface area contributed by atoms with E-state index < -0.39 is 18.0 Å². The normalized spacial score (nSPS) is 26.0.